The summed E-state index contributed by atoms with van der Waals surface area (Å²) in [6.45, 7) is 4.87. The molecule has 0 radical (unpaired) electrons. The SMILES string of the molecule is CCOc1ccccc1OCCCC(=O)Nc1cnc2n[nH]c(C)c2c1. The van der Waals surface area contributed by atoms with Crippen molar-refractivity contribution in [1.82, 2.24) is 15.2 Å². The van der Waals surface area contributed by atoms with E-state index in [1.165, 1.54) is 0 Å². The van der Waals surface area contributed by atoms with Crippen LogP contribution >= 0.6 is 0 Å². The number of para-hydroxylation sites is 2. The summed E-state index contributed by atoms with van der Waals surface area (Å²) < 4.78 is 11.2. The summed E-state index contributed by atoms with van der Waals surface area (Å²) in [4.78, 5) is 16.3. The molecule has 7 nitrogen and oxygen atoms in total. The lowest BCUT2D eigenvalue weighted by molar-refractivity contribution is -0.116. The number of rotatable bonds is 8. The Hall–Kier alpha value is -3.09. The third-order valence-electron chi connectivity index (χ3n) is 3.84. The van der Waals surface area contributed by atoms with Crippen LogP contribution in [0.3, 0.4) is 0 Å². The highest BCUT2D eigenvalue weighted by Crippen LogP contribution is 2.26. The molecule has 0 atom stereocenters. The molecule has 1 amide bonds. The predicted octanol–water partition coefficient (Wildman–Crippen LogP) is 3.46. The number of carbonyl (C=O) groups excluding carboxylic acids is 1. The first-order chi connectivity index (χ1) is 12.7. The van der Waals surface area contributed by atoms with Crippen molar-refractivity contribution in [3.8, 4) is 11.5 Å². The van der Waals surface area contributed by atoms with Crippen LogP contribution in [0.1, 0.15) is 25.5 Å². The zero-order valence-corrected chi connectivity index (χ0v) is 14.9. The molecule has 7 heteroatoms. The highest BCUT2D eigenvalue weighted by molar-refractivity contribution is 5.92. The molecule has 1 aromatic carbocycles. The number of carbonyl (C=O) groups is 1. The van der Waals surface area contributed by atoms with Crippen LogP contribution in [0.4, 0.5) is 5.69 Å². The molecule has 0 saturated carbocycles. The largest absolute Gasteiger partial charge is 0.490 e. The van der Waals surface area contributed by atoms with Gasteiger partial charge in [-0.15, -0.1) is 0 Å². The van der Waals surface area contributed by atoms with Gasteiger partial charge in [0.05, 0.1) is 25.1 Å². The molecule has 0 aliphatic heterocycles. The van der Waals surface area contributed by atoms with Crippen molar-refractivity contribution < 1.29 is 14.3 Å². The number of H-pyrrole nitrogens is 1. The zero-order valence-electron chi connectivity index (χ0n) is 14.9. The second-order valence-corrected chi connectivity index (χ2v) is 5.82. The monoisotopic (exact) mass is 354 g/mol. The Morgan fingerprint density at radius 1 is 1.23 bits per heavy atom. The summed E-state index contributed by atoms with van der Waals surface area (Å²) in [7, 11) is 0. The fourth-order valence-corrected chi connectivity index (χ4v) is 2.57. The van der Waals surface area contributed by atoms with Crippen LogP contribution in [0.5, 0.6) is 11.5 Å². The number of pyridine rings is 1. The van der Waals surface area contributed by atoms with Gasteiger partial charge in [-0.25, -0.2) is 4.98 Å². The first-order valence-electron chi connectivity index (χ1n) is 8.62. The number of aromatic nitrogens is 3. The minimum absolute atomic E-state index is 0.0750. The van der Waals surface area contributed by atoms with Gasteiger partial charge in [-0.1, -0.05) is 12.1 Å². The van der Waals surface area contributed by atoms with Crippen LogP contribution in [0.15, 0.2) is 36.5 Å². The van der Waals surface area contributed by atoms with Crippen molar-refractivity contribution in [2.75, 3.05) is 18.5 Å². The molecule has 136 valence electrons. The molecule has 0 fully saturated rings. The van der Waals surface area contributed by atoms with Crippen LogP contribution in [0.2, 0.25) is 0 Å². The topological polar surface area (TPSA) is 89.1 Å². The summed E-state index contributed by atoms with van der Waals surface area (Å²) >= 11 is 0. The van der Waals surface area contributed by atoms with Gasteiger partial charge in [-0.05, 0) is 38.5 Å². The molecule has 2 aromatic heterocycles. The first-order valence-corrected chi connectivity index (χ1v) is 8.62. The molecular weight excluding hydrogens is 332 g/mol. The van der Waals surface area contributed by atoms with Crippen LogP contribution in [0.25, 0.3) is 11.0 Å². The highest BCUT2D eigenvalue weighted by atomic mass is 16.5. The van der Waals surface area contributed by atoms with Gasteiger partial charge in [0.25, 0.3) is 0 Å². The van der Waals surface area contributed by atoms with Gasteiger partial charge in [0.2, 0.25) is 5.91 Å². The number of nitrogens with zero attached hydrogens (tertiary/aromatic N) is 2. The second-order valence-electron chi connectivity index (χ2n) is 5.82. The van der Waals surface area contributed by atoms with Crippen molar-refractivity contribution >= 4 is 22.6 Å². The maximum Gasteiger partial charge on any atom is 0.224 e. The van der Waals surface area contributed by atoms with Gasteiger partial charge in [0, 0.05) is 17.5 Å². The average Bonchev–Trinajstić information content (AvgIpc) is 3.01. The molecule has 0 aliphatic rings. The Bertz CT molecular complexity index is 891. The van der Waals surface area contributed by atoms with Gasteiger partial charge in [0.15, 0.2) is 17.1 Å². The number of aromatic amines is 1. The molecule has 0 saturated heterocycles. The molecule has 2 N–H and O–H groups in total. The van der Waals surface area contributed by atoms with E-state index in [9.17, 15) is 4.79 Å². The Morgan fingerprint density at radius 3 is 2.77 bits per heavy atom. The lowest BCUT2D eigenvalue weighted by atomic mass is 10.2. The summed E-state index contributed by atoms with van der Waals surface area (Å²) in [5.41, 5.74) is 2.22. The number of ether oxygens (including phenoxy) is 2. The highest BCUT2D eigenvalue weighted by Gasteiger charge is 2.08. The lowest BCUT2D eigenvalue weighted by Crippen LogP contribution is -2.13. The first kappa shape index (κ1) is 17.7. The third kappa shape index (κ3) is 4.30. The zero-order chi connectivity index (χ0) is 18.4. The Morgan fingerprint density at radius 2 is 2.00 bits per heavy atom. The molecule has 3 aromatic rings. The van der Waals surface area contributed by atoms with Crippen LogP contribution in [-0.2, 0) is 4.79 Å². The summed E-state index contributed by atoms with van der Waals surface area (Å²) in [5, 5.41) is 10.7. The predicted molar refractivity (Wildman–Crippen MR) is 99.6 cm³/mol. The average molecular weight is 354 g/mol. The molecule has 0 aliphatic carbocycles. The second kappa shape index (κ2) is 8.33. The third-order valence-corrected chi connectivity index (χ3v) is 3.84. The molecule has 0 spiro atoms. The lowest BCUT2D eigenvalue weighted by Gasteiger charge is -2.11. The maximum absolute atomic E-state index is 12.1. The number of aryl methyl sites for hydroxylation is 1. The number of fused-ring (bicyclic) bond motifs is 1. The number of amides is 1. The van der Waals surface area contributed by atoms with Gasteiger partial charge in [-0.3, -0.25) is 9.89 Å². The van der Waals surface area contributed by atoms with Crippen LogP contribution in [-0.4, -0.2) is 34.3 Å². The van der Waals surface area contributed by atoms with Crippen molar-refractivity contribution in [2.24, 2.45) is 0 Å². The van der Waals surface area contributed by atoms with Gasteiger partial charge >= 0.3 is 0 Å². The van der Waals surface area contributed by atoms with Gasteiger partial charge in [0.1, 0.15) is 0 Å². The van der Waals surface area contributed by atoms with Crippen LogP contribution < -0.4 is 14.8 Å². The van der Waals surface area contributed by atoms with Crippen molar-refractivity contribution in [1.29, 1.82) is 0 Å². The van der Waals surface area contributed by atoms with Gasteiger partial charge in [-0.2, -0.15) is 5.10 Å². The number of hydrogen-bond acceptors (Lipinski definition) is 5. The van der Waals surface area contributed by atoms with E-state index in [-0.39, 0.29) is 5.91 Å². The molecule has 26 heavy (non-hydrogen) atoms. The van der Waals surface area contributed by atoms with E-state index in [0.29, 0.717) is 48.9 Å². The number of anilines is 1. The fourth-order valence-electron chi connectivity index (χ4n) is 2.57. The maximum atomic E-state index is 12.1. The van der Waals surface area contributed by atoms with E-state index in [1.807, 2.05) is 44.2 Å². The molecule has 2 heterocycles. The van der Waals surface area contributed by atoms with E-state index < -0.39 is 0 Å². The van der Waals surface area contributed by atoms with E-state index in [0.717, 1.165) is 11.1 Å². The molecule has 3 rings (SSSR count). The van der Waals surface area contributed by atoms with Gasteiger partial charge < -0.3 is 14.8 Å². The fraction of sp³-hybridized carbons (Fsp3) is 0.316. The van der Waals surface area contributed by atoms with E-state index in [4.69, 9.17) is 9.47 Å². The summed E-state index contributed by atoms with van der Waals surface area (Å²) in [5.74, 6) is 1.34. The minimum Gasteiger partial charge on any atom is -0.490 e. The Balaban J connectivity index is 1.47. The van der Waals surface area contributed by atoms with E-state index in [1.54, 1.807) is 6.20 Å². The number of benzene rings is 1. The normalized spacial score (nSPS) is 10.7. The minimum atomic E-state index is -0.0750. The molecule has 0 bridgehead atoms. The smallest absolute Gasteiger partial charge is 0.224 e. The molecule has 0 unspecified atom stereocenters. The van der Waals surface area contributed by atoms with Crippen molar-refractivity contribution in [2.45, 2.75) is 26.7 Å². The Kier molecular flexibility index (Phi) is 5.68. The quantitative estimate of drug-likeness (QED) is 0.605. The summed E-state index contributed by atoms with van der Waals surface area (Å²) in [6, 6.07) is 9.39. The van der Waals surface area contributed by atoms with Crippen LogP contribution in [0, 0.1) is 6.92 Å². The van der Waals surface area contributed by atoms with Crippen molar-refractivity contribution in [3.05, 3.63) is 42.2 Å². The summed E-state index contributed by atoms with van der Waals surface area (Å²) in [6.07, 6.45) is 2.57. The number of nitrogens with one attached hydrogen (secondary N) is 2. The van der Waals surface area contributed by atoms with E-state index in [2.05, 4.69) is 20.5 Å². The molecular formula is C19H22N4O3. The number of hydrogen-bond donors (Lipinski definition) is 2. The Labute approximate surface area is 151 Å². The van der Waals surface area contributed by atoms with E-state index >= 15 is 0 Å². The standard InChI is InChI=1S/C19H22N4O3/c1-3-25-16-7-4-5-8-17(16)26-10-6-9-18(24)21-14-11-15-13(2)22-23-19(15)20-12-14/h4-5,7-8,11-12H,3,6,9-10H2,1-2H3,(H,21,24)(H,20,22,23). The van der Waals surface area contributed by atoms with Crippen molar-refractivity contribution in [3.63, 3.8) is 0 Å².